The van der Waals surface area contributed by atoms with Gasteiger partial charge in [0.2, 0.25) is 23.6 Å². The molecule has 1 aliphatic rings. The number of rotatable bonds is 8. The van der Waals surface area contributed by atoms with Gasteiger partial charge in [-0.25, -0.2) is 5.43 Å². The highest BCUT2D eigenvalue weighted by molar-refractivity contribution is 5.86. The summed E-state index contributed by atoms with van der Waals surface area (Å²) in [4.78, 5) is 26.2. The van der Waals surface area contributed by atoms with Gasteiger partial charge in [-0.1, -0.05) is 23.8 Å². The zero-order valence-electron chi connectivity index (χ0n) is 18.8. The number of methoxy groups -OCH3 is 1. The van der Waals surface area contributed by atoms with Crippen LogP contribution < -0.4 is 20.4 Å². The van der Waals surface area contributed by atoms with Gasteiger partial charge in [-0.05, 0) is 25.1 Å². The Kier molecular flexibility index (Phi) is 7.08. The molecular formula is C22H24N8O4. The first-order valence-corrected chi connectivity index (χ1v) is 10.6. The van der Waals surface area contributed by atoms with E-state index in [9.17, 15) is 10.1 Å². The van der Waals surface area contributed by atoms with Crippen molar-refractivity contribution in [3.63, 3.8) is 0 Å². The maximum Gasteiger partial charge on any atom is 0.311 e. The third-order valence-corrected chi connectivity index (χ3v) is 5.02. The second-order valence-electron chi connectivity index (χ2n) is 7.40. The first-order valence-electron chi connectivity index (χ1n) is 10.6. The minimum Gasteiger partial charge on any atom is -0.490 e. The van der Waals surface area contributed by atoms with Gasteiger partial charge in [0.15, 0.2) is 0 Å². The summed E-state index contributed by atoms with van der Waals surface area (Å²) >= 11 is 0. The molecule has 0 saturated carbocycles. The van der Waals surface area contributed by atoms with Crippen molar-refractivity contribution in [1.29, 1.82) is 0 Å². The lowest BCUT2D eigenvalue weighted by Crippen LogP contribution is -2.37. The molecule has 4 rings (SSSR count). The van der Waals surface area contributed by atoms with Gasteiger partial charge in [0.25, 0.3) is 0 Å². The Morgan fingerprint density at radius 2 is 1.85 bits per heavy atom. The number of nitrogens with zero attached hydrogens (tertiary/aromatic N) is 6. The van der Waals surface area contributed by atoms with Crippen LogP contribution >= 0.6 is 0 Å². The Morgan fingerprint density at radius 1 is 1.12 bits per heavy atom. The van der Waals surface area contributed by atoms with E-state index in [0.717, 1.165) is 11.3 Å². The summed E-state index contributed by atoms with van der Waals surface area (Å²) in [7, 11) is 1.37. The molecule has 0 spiro atoms. The van der Waals surface area contributed by atoms with Crippen LogP contribution in [0.2, 0.25) is 0 Å². The number of benzene rings is 2. The van der Waals surface area contributed by atoms with E-state index in [2.05, 4.69) is 30.8 Å². The van der Waals surface area contributed by atoms with Crippen LogP contribution in [0.4, 0.5) is 29.2 Å². The Bertz CT molecular complexity index is 1180. The van der Waals surface area contributed by atoms with Crippen LogP contribution in [0.15, 0.2) is 47.6 Å². The average molecular weight is 464 g/mol. The second-order valence-corrected chi connectivity index (χ2v) is 7.40. The number of morpholine rings is 1. The van der Waals surface area contributed by atoms with Crippen molar-refractivity contribution < 1.29 is 14.4 Å². The first kappa shape index (κ1) is 22.9. The molecule has 1 saturated heterocycles. The molecule has 0 bridgehead atoms. The SMILES string of the molecule is COc1c(/C=N\Nc2nc(Nc3ccc(C)cc3)nc(N3CCOCC3)n2)cccc1[N+](=O)[O-]. The molecule has 0 unspecified atom stereocenters. The highest BCUT2D eigenvalue weighted by Crippen LogP contribution is 2.29. The fraction of sp³-hybridized carbons (Fsp3) is 0.273. The Morgan fingerprint density at radius 3 is 2.56 bits per heavy atom. The van der Waals surface area contributed by atoms with E-state index in [1.54, 1.807) is 12.1 Å². The number of ether oxygens (including phenoxy) is 2. The summed E-state index contributed by atoms with van der Waals surface area (Å²) in [5.74, 6) is 1.17. The van der Waals surface area contributed by atoms with E-state index < -0.39 is 4.92 Å². The summed E-state index contributed by atoms with van der Waals surface area (Å²) < 4.78 is 10.6. The maximum absolute atomic E-state index is 11.2. The van der Waals surface area contributed by atoms with Crippen LogP contribution in [-0.2, 0) is 4.74 Å². The van der Waals surface area contributed by atoms with Crippen LogP contribution in [0.3, 0.4) is 0 Å². The molecule has 1 aliphatic heterocycles. The van der Waals surface area contributed by atoms with Crippen molar-refractivity contribution in [2.45, 2.75) is 6.92 Å². The van der Waals surface area contributed by atoms with Gasteiger partial charge in [0.05, 0.1) is 31.5 Å². The fourth-order valence-electron chi connectivity index (χ4n) is 3.31. The molecule has 2 N–H and O–H groups in total. The summed E-state index contributed by atoms with van der Waals surface area (Å²) in [6, 6.07) is 12.4. The van der Waals surface area contributed by atoms with Crippen molar-refractivity contribution in [1.82, 2.24) is 15.0 Å². The number of nitro benzene ring substituents is 1. The largest absolute Gasteiger partial charge is 0.490 e. The second kappa shape index (κ2) is 10.5. The van der Waals surface area contributed by atoms with E-state index >= 15 is 0 Å². The van der Waals surface area contributed by atoms with Crippen LogP contribution in [-0.4, -0.2) is 59.5 Å². The van der Waals surface area contributed by atoms with Gasteiger partial charge in [0, 0.05) is 30.4 Å². The molecule has 0 amide bonds. The number of nitro groups is 1. The zero-order chi connectivity index (χ0) is 23.9. The van der Waals surface area contributed by atoms with Crippen LogP contribution in [0.5, 0.6) is 5.75 Å². The Balaban J connectivity index is 1.59. The molecule has 0 aliphatic carbocycles. The standard InChI is InChI=1S/C22H24N8O4/c1-15-6-8-17(9-7-15)24-20-25-21(27-22(26-20)29-10-12-34-13-11-29)28-23-14-16-4-3-5-18(30(31)32)19(16)33-2/h3-9,14H,10-13H2,1-2H3,(H2,24,25,26,27,28)/b23-14-. The van der Waals surface area contributed by atoms with E-state index in [1.165, 1.54) is 19.4 Å². The van der Waals surface area contributed by atoms with Crippen molar-refractivity contribution in [2.75, 3.05) is 49.1 Å². The van der Waals surface area contributed by atoms with Gasteiger partial charge >= 0.3 is 5.69 Å². The molecule has 1 aromatic heterocycles. The van der Waals surface area contributed by atoms with Crippen molar-refractivity contribution >= 4 is 35.4 Å². The average Bonchev–Trinajstić information content (AvgIpc) is 2.85. The third kappa shape index (κ3) is 5.53. The maximum atomic E-state index is 11.2. The van der Waals surface area contributed by atoms with Gasteiger partial charge in [0.1, 0.15) is 0 Å². The molecule has 176 valence electrons. The summed E-state index contributed by atoms with van der Waals surface area (Å²) in [5.41, 5.74) is 5.06. The normalized spacial score (nSPS) is 13.6. The molecular weight excluding hydrogens is 440 g/mol. The lowest BCUT2D eigenvalue weighted by molar-refractivity contribution is -0.385. The quantitative estimate of drug-likeness (QED) is 0.290. The van der Waals surface area contributed by atoms with Crippen LogP contribution in [0, 0.1) is 17.0 Å². The first-order chi connectivity index (χ1) is 16.5. The van der Waals surface area contributed by atoms with Crippen LogP contribution in [0.1, 0.15) is 11.1 Å². The molecule has 12 heteroatoms. The fourth-order valence-corrected chi connectivity index (χ4v) is 3.31. The predicted octanol–water partition coefficient (Wildman–Crippen LogP) is 3.12. The molecule has 2 aromatic carbocycles. The number of hydrazone groups is 1. The smallest absolute Gasteiger partial charge is 0.311 e. The highest BCUT2D eigenvalue weighted by atomic mass is 16.6. The molecule has 1 fully saturated rings. The van der Waals surface area contributed by atoms with Gasteiger partial charge in [-0.3, -0.25) is 10.1 Å². The monoisotopic (exact) mass is 464 g/mol. The molecule has 3 aromatic rings. The van der Waals surface area contributed by atoms with Crippen molar-refractivity contribution in [3.05, 3.63) is 63.7 Å². The lowest BCUT2D eigenvalue weighted by atomic mass is 10.2. The van der Waals surface area contributed by atoms with Crippen molar-refractivity contribution in [2.24, 2.45) is 5.10 Å². The summed E-state index contributed by atoms with van der Waals surface area (Å²) in [5, 5.41) is 18.6. The van der Waals surface area contributed by atoms with E-state index in [4.69, 9.17) is 9.47 Å². The zero-order valence-corrected chi connectivity index (χ0v) is 18.8. The Hall–Kier alpha value is -4.32. The molecule has 34 heavy (non-hydrogen) atoms. The highest BCUT2D eigenvalue weighted by Gasteiger charge is 2.18. The van der Waals surface area contributed by atoms with Gasteiger partial charge in [-0.2, -0.15) is 20.1 Å². The van der Waals surface area contributed by atoms with E-state index in [0.29, 0.717) is 43.8 Å². The predicted molar refractivity (Wildman–Crippen MR) is 128 cm³/mol. The van der Waals surface area contributed by atoms with E-state index in [1.807, 2.05) is 36.1 Å². The molecule has 2 heterocycles. The number of aryl methyl sites for hydroxylation is 1. The van der Waals surface area contributed by atoms with Crippen molar-refractivity contribution in [3.8, 4) is 5.75 Å². The number of aromatic nitrogens is 3. The topological polar surface area (TPSA) is 140 Å². The third-order valence-electron chi connectivity index (χ3n) is 5.02. The summed E-state index contributed by atoms with van der Waals surface area (Å²) in [6.07, 6.45) is 1.41. The molecule has 0 atom stereocenters. The van der Waals surface area contributed by atoms with Crippen LogP contribution in [0.25, 0.3) is 0 Å². The number of nitrogens with one attached hydrogen (secondary N) is 2. The number of para-hydroxylation sites is 1. The molecule has 0 radical (unpaired) electrons. The number of hydrogen-bond acceptors (Lipinski definition) is 11. The summed E-state index contributed by atoms with van der Waals surface area (Å²) in [6.45, 7) is 4.49. The Labute approximate surface area is 195 Å². The van der Waals surface area contributed by atoms with Gasteiger partial charge < -0.3 is 19.7 Å². The molecule has 12 nitrogen and oxygen atoms in total. The van der Waals surface area contributed by atoms with Gasteiger partial charge in [-0.15, -0.1) is 0 Å². The number of anilines is 4. The number of hydrogen-bond donors (Lipinski definition) is 2. The lowest BCUT2D eigenvalue weighted by Gasteiger charge is -2.27. The van der Waals surface area contributed by atoms with E-state index in [-0.39, 0.29) is 17.4 Å². The minimum absolute atomic E-state index is 0.115. The minimum atomic E-state index is -0.507.